The largest absolute Gasteiger partial charge is 0.341 e. The van der Waals surface area contributed by atoms with Crippen LogP contribution in [0.4, 0.5) is 0 Å². The lowest BCUT2D eigenvalue weighted by Crippen LogP contribution is -2.42. The summed E-state index contributed by atoms with van der Waals surface area (Å²) in [6.45, 7) is 2.16. The van der Waals surface area contributed by atoms with E-state index in [1.54, 1.807) is 14.1 Å². The van der Waals surface area contributed by atoms with Crippen LogP contribution in [0.5, 0.6) is 0 Å². The molecule has 5 heteroatoms. The van der Waals surface area contributed by atoms with Crippen LogP contribution in [0, 0.1) is 0 Å². The highest BCUT2D eigenvalue weighted by atomic mass is 16.2. The van der Waals surface area contributed by atoms with Gasteiger partial charge in [-0.15, -0.1) is 0 Å². The third-order valence-electron chi connectivity index (χ3n) is 2.58. The highest BCUT2D eigenvalue weighted by Gasteiger charge is 2.20. The fourth-order valence-corrected chi connectivity index (χ4v) is 1.64. The molecule has 0 atom stereocenters. The van der Waals surface area contributed by atoms with Crippen molar-refractivity contribution < 1.29 is 9.59 Å². The molecule has 0 bridgehead atoms. The van der Waals surface area contributed by atoms with E-state index in [9.17, 15) is 9.59 Å². The van der Waals surface area contributed by atoms with Gasteiger partial charge < -0.3 is 15.1 Å². The van der Waals surface area contributed by atoms with Gasteiger partial charge in [0.25, 0.3) is 0 Å². The smallest absolute Gasteiger partial charge is 0.242 e. The number of likely N-dealkylation sites (tertiary alicyclic amines) is 1. The Kier molecular flexibility index (Phi) is 4.55. The molecule has 0 saturated carbocycles. The van der Waals surface area contributed by atoms with Crippen LogP contribution in [0.2, 0.25) is 0 Å². The van der Waals surface area contributed by atoms with Crippen LogP contribution in [0.25, 0.3) is 0 Å². The summed E-state index contributed by atoms with van der Waals surface area (Å²) in [5.74, 6) is 0.00417. The first-order valence-electron chi connectivity index (χ1n) is 5.31. The molecule has 1 rings (SSSR count). The zero-order valence-electron chi connectivity index (χ0n) is 9.45. The first kappa shape index (κ1) is 12.0. The summed E-state index contributed by atoms with van der Waals surface area (Å²) >= 11 is 0. The first-order valence-corrected chi connectivity index (χ1v) is 5.31. The molecule has 1 aliphatic rings. The number of likely N-dealkylation sites (N-methyl/N-ethyl adjacent to an activating group) is 2. The van der Waals surface area contributed by atoms with Gasteiger partial charge in [-0.3, -0.25) is 9.59 Å². The lowest BCUT2D eigenvalue weighted by molar-refractivity contribution is -0.138. The Balaban J connectivity index is 2.33. The molecule has 2 amide bonds. The van der Waals surface area contributed by atoms with Gasteiger partial charge >= 0.3 is 0 Å². The SMILES string of the molecule is CNCC(=O)N(C)CC(=O)N1CCCC1. The van der Waals surface area contributed by atoms with E-state index in [2.05, 4.69) is 5.32 Å². The third kappa shape index (κ3) is 3.51. The van der Waals surface area contributed by atoms with E-state index in [-0.39, 0.29) is 24.9 Å². The second-order valence-electron chi connectivity index (χ2n) is 3.87. The van der Waals surface area contributed by atoms with E-state index in [0.717, 1.165) is 25.9 Å². The van der Waals surface area contributed by atoms with Gasteiger partial charge in [-0.2, -0.15) is 0 Å². The van der Waals surface area contributed by atoms with Gasteiger partial charge in [0.15, 0.2) is 0 Å². The van der Waals surface area contributed by atoms with Crippen molar-refractivity contribution in [3.05, 3.63) is 0 Å². The van der Waals surface area contributed by atoms with Crippen LogP contribution in [0.1, 0.15) is 12.8 Å². The van der Waals surface area contributed by atoms with Gasteiger partial charge in [0.05, 0.1) is 13.1 Å². The fourth-order valence-electron chi connectivity index (χ4n) is 1.64. The fraction of sp³-hybridized carbons (Fsp3) is 0.800. The van der Waals surface area contributed by atoms with Crippen molar-refractivity contribution in [3.8, 4) is 0 Å². The lowest BCUT2D eigenvalue weighted by atomic mass is 10.4. The molecule has 1 N–H and O–H groups in total. The standard InChI is InChI=1S/C10H19N3O2/c1-11-7-9(14)12(2)8-10(15)13-5-3-4-6-13/h11H,3-8H2,1-2H3. The number of hydrogen-bond donors (Lipinski definition) is 1. The first-order chi connectivity index (χ1) is 7.15. The van der Waals surface area contributed by atoms with E-state index in [1.807, 2.05) is 4.90 Å². The summed E-state index contributed by atoms with van der Waals surface area (Å²) in [5, 5.41) is 2.78. The molecule has 15 heavy (non-hydrogen) atoms. The molecule has 0 spiro atoms. The minimum atomic E-state index is -0.0509. The zero-order valence-corrected chi connectivity index (χ0v) is 9.45. The molecule has 0 aromatic carbocycles. The zero-order chi connectivity index (χ0) is 11.3. The van der Waals surface area contributed by atoms with Gasteiger partial charge in [0.2, 0.25) is 11.8 Å². The Bertz CT molecular complexity index is 237. The Morgan fingerprint density at radius 3 is 2.47 bits per heavy atom. The van der Waals surface area contributed by atoms with E-state index in [1.165, 1.54) is 4.90 Å². The average Bonchev–Trinajstić information content (AvgIpc) is 2.70. The summed E-state index contributed by atoms with van der Waals surface area (Å²) in [6, 6.07) is 0. The molecular weight excluding hydrogens is 194 g/mol. The Labute approximate surface area is 90.4 Å². The minimum absolute atomic E-state index is 0.0509. The number of amides is 2. The van der Waals surface area contributed by atoms with E-state index in [0.29, 0.717) is 0 Å². The topological polar surface area (TPSA) is 52.7 Å². The predicted octanol–water partition coefficient (Wildman–Crippen LogP) is -0.713. The maximum Gasteiger partial charge on any atom is 0.242 e. The molecule has 0 unspecified atom stereocenters. The molecule has 0 aliphatic carbocycles. The van der Waals surface area contributed by atoms with Crippen molar-refractivity contribution in [1.29, 1.82) is 0 Å². The third-order valence-corrected chi connectivity index (χ3v) is 2.58. The number of carbonyl (C=O) groups excluding carboxylic acids is 2. The van der Waals surface area contributed by atoms with Gasteiger partial charge in [-0.1, -0.05) is 0 Å². The van der Waals surface area contributed by atoms with Crippen LogP contribution in [-0.2, 0) is 9.59 Å². The summed E-state index contributed by atoms with van der Waals surface area (Å²) in [7, 11) is 3.38. The molecule has 1 heterocycles. The maximum atomic E-state index is 11.7. The van der Waals surface area contributed by atoms with Gasteiger partial charge in [0, 0.05) is 20.1 Å². The van der Waals surface area contributed by atoms with E-state index in [4.69, 9.17) is 0 Å². The van der Waals surface area contributed by atoms with Crippen molar-refractivity contribution in [1.82, 2.24) is 15.1 Å². The van der Waals surface area contributed by atoms with Crippen molar-refractivity contribution in [2.75, 3.05) is 40.3 Å². The van der Waals surface area contributed by atoms with E-state index < -0.39 is 0 Å². The Hall–Kier alpha value is -1.10. The van der Waals surface area contributed by atoms with Gasteiger partial charge in [-0.25, -0.2) is 0 Å². The predicted molar refractivity (Wildman–Crippen MR) is 57.4 cm³/mol. The van der Waals surface area contributed by atoms with Crippen LogP contribution in [0.3, 0.4) is 0 Å². The Morgan fingerprint density at radius 1 is 1.33 bits per heavy atom. The molecular formula is C10H19N3O2. The lowest BCUT2D eigenvalue weighted by Gasteiger charge is -2.21. The second kappa shape index (κ2) is 5.70. The van der Waals surface area contributed by atoms with Crippen molar-refractivity contribution in [2.24, 2.45) is 0 Å². The van der Waals surface area contributed by atoms with Crippen LogP contribution in [-0.4, -0.2) is 61.9 Å². The molecule has 5 nitrogen and oxygen atoms in total. The number of rotatable bonds is 4. The monoisotopic (exact) mass is 213 g/mol. The Morgan fingerprint density at radius 2 is 1.93 bits per heavy atom. The highest BCUT2D eigenvalue weighted by molar-refractivity contribution is 5.85. The summed E-state index contributed by atoms with van der Waals surface area (Å²) in [4.78, 5) is 26.4. The molecule has 86 valence electrons. The van der Waals surface area contributed by atoms with Crippen molar-refractivity contribution >= 4 is 11.8 Å². The second-order valence-corrected chi connectivity index (χ2v) is 3.87. The quantitative estimate of drug-likeness (QED) is 0.671. The molecule has 1 fully saturated rings. The highest BCUT2D eigenvalue weighted by Crippen LogP contribution is 2.07. The number of nitrogens with zero attached hydrogens (tertiary/aromatic N) is 2. The van der Waals surface area contributed by atoms with Crippen LogP contribution < -0.4 is 5.32 Å². The number of nitrogens with one attached hydrogen (secondary N) is 1. The molecule has 1 saturated heterocycles. The number of hydrogen-bond acceptors (Lipinski definition) is 3. The molecule has 0 aromatic heterocycles. The van der Waals surface area contributed by atoms with E-state index >= 15 is 0 Å². The van der Waals surface area contributed by atoms with Gasteiger partial charge in [0.1, 0.15) is 0 Å². The molecule has 0 radical (unpaired) electrons. The van der Waals surface area contributed by atoms with Crippen LogP contribution >= 0.6 is 0 Å². The summed E-state index contributed by atoms with van der Waals surface area (Å²) in [6.07, 6.45) is 2.17. The summed E-state index contributed by atoms with van der Waals surface area (Å²) < 4.78 is 0. The molecule has 0 aromatic rings. The van der Waals surface area contributed by atoms with Crippen molar-refractivity contribution in [3.63, 3.8) is 0 Å². The van der Waals surface area contributed by atoms with Crippen LogP contribution in [0.15, 0.2) is 0 Å². The molecule has 1 aliphatic heterocycles. The normalized spacial score (nSPS) is 15.5. The number of carbonyl (C=O) groups is 2. The summed E-state index contributed by atoms with van der Waals surface area (Å²) in [5.41, 5.74) is 0. The minimum Gasteiger partial charge on any atom is -0.341 e. The van der Waals surface area contributed by atoms with Crippen molar-refractivity contribution in [2.45, 2.75) is 12.8 Å². The average molecular weight is 213 g/mol. The van der Waals surface area contributed by atoms with Gasteiger partial charge in [-0.05, 0) is 19.9 Å². The maximum absolute atomic E-state index is 11.7.